The van der Waals surface area contributed by atoms with Crippen molar-refractivity contribution in [1.29, 1.82) is 0 Å². The molecule has 0 saturated carbocycles. The molecule has 0 aliphatic rings. The molecular weight excluding hydrogens is 553 g/mol. The molecule has 0 radical (unpaired) electrons. The second-order valence-electron chi connectivity index (χ2n) is 7.37. The van der Waals surface area contributed by atoms with E-state index in [0.717, 1.165) is 16.0 Å². The van der Waals surface area contributed by atoms with Crippen molar-refractivity contribution in [3.63, 3.8) is 0 Å². The van der Waals surface area contributed by atoms with E-state index in [9.17, 15) is 9.13 Å². The molecule has 0 amide bonds. The molecule has 2 aromatic carbocycles. The highest BCUT2D eigenvalue weighted by atomic mass is 32.4. The zero-order chi connectivity index (χ0) is 26.8. The van der Waals surface area contributed by atoms with Gasteiger partial charge < -0.3 is 28.9 Å². The molecule has 0 aromatic heterocycles. The minimum absolute atomic E-state index is 0.0442. The molecule has 1 unspecified atom stereocenters. The van der Waals surface area contributed by atoms with Crippen LogP contribution in [-0.2, 0) is 27.4 Å². The lowest BCUT2D eigenvalue weighted by Gasteiger charge is -2.23. The first kappa shape index (κ1) is 30.0. The van der Waals surface area contributed by atoms with Gasteiger partial charge in [0.1, 0.15) is 29.3 Å². The van der Waals surface area contributed by atoms with Crippen LogP contribution in [0.2, 0.25) is 0 Å². The second-order valence-corrected chi connectivity index (χ2v) is 13.0. The summed E-state index contributed by atoms with van der Waals surface area (Å²) in [6.07, 6.45) is 0.397. The number of hydrogen-bond acceptors (Lipinski definition) is 8. The summed E-state index contributed by atoms with van der Waals surface area (Å²) in [5.74, 6) is 0.890. The van der Waals surface area contributed by atoms with Crippen LogP contribution in [0.25, 0.3) is 10.4 Å². The third-order valence-corrected chi connectivity index (χ3v) is 7.95. The predicted molar refractivity (Wildman–Crippen MR) is 139 cm³/mol. The van der Waals surface area contributed by atoms with E-state index in [-0.39, 0.29) is 6.54 Å². The van der Waals surface area contributed by atoms with Gasteiger partial charge in [0, 0.05) is 18.5 Å². The summed E-state index contributed by atoms with van der Waals surface area (Å²) in [4.78, 5) is 44.9. The Kier molecular flexibility index (Phi) is 11.5. The first-order valence-electron chi connectivity index (χ1n) is 10.1. The lowest BCUT2D eigenvalue weighted by atomic mass is 10.1. The smallest absolute Gasteiger partial charge is 0.339 e. The summed E-state index contributed by atoms with van der Waals surface area (Å²) >= 11 is 5.42. The van der Waals surface area contributed by atoms with E-state index in [1.807, 2.05) is 0 Å². The van der Waals surface area contributed by atoms with Crippen molar-refractivity contribution >= 4 is 40.3 Å². The lowest BCUT2D eigenvalue weighted by molar-refractivity contribution is 0.279. The van der Waals surface area contributed by atoms with Crippen molar-refractivity contribution in [2.45, 2.75) is 6.42 Å². The SMILES string of the molecule is CN(/N=C/c1ccc(ON=[N+]=[N-])cc1)[PH](=S)Oc1ccc(CCN(CP(=O)(O)O)CP(=O)(O)O)cc1. The van der Waals surface area contributed by atoms with E-state index >= 15 is 0 Å². The van der Waals surface area contributed by atoms with Crippen LogP contribution in [-0.4, -0.2) is 61.6 Å². The van der Waals surface area contributed by atoms with Crippen LogP contribution in [0.1, 0.15) is 11.1 Å². The largest absolute Gasteiger partial charge is 0.450 e. The van der Waals surface area contributed by atoms with Gasteiger partial charge in [-0.25, -0.2) is 4.78 Å². The average molecular weight is 578 g/mol. The molecule has 0 fully saturated rings. The number of hydrogen-bond donors (Lipinski definition) is 4. The molecule has 1 atom stereocenters. The van der Waals surface area contributed by atoms with E-state index < -0.39 is 34.8 Å². The number of hydrazone groups is 1. The molecule has 196 valence electrons. The highest BCUT2D eigenvalue weighted by Gasteiger charge is 2.25. The van der Waals surface area contributed by atoms with E-state index in [1.54, 1.807) is 61.8 Å². The molecule has 0 heterocycles. The molecule has 2 aromatic rings. The minimum atomic E-state index is -4.48. The van der Waals surface area contributed by atoms with Gasteiger partial charge in [-0.15, -0.1) is 0 Å². The van der Waals surface area contributed by atoms with Crippen LogP contribution in [0, 0.1) is 0 Å². The second kappa shape index (κ2) is 13.9. The van der Waals surface area contributed by atoms with Crippen molar-refractivity contribution in [3.8, 4) is 11.5 Å². The number of benzene rings is 2. The lowest BCUT2D eigenvalue weighted by Crippen LogP contribution is -2.28. The number of azide groups is 1. The Morgan fingerprint density at radius 3 is 2.11 bits per heavy atom. The molecule has 0 saturated heterocycles. The minimum Gasteiger partial charge on any atom is -0.450 e. The standard InChI is InChI=1S/C18H25N6O8P3S/c1-23(20-12-16-4-6-17(7-5-16)31-22-21-19)33(36)32-18-8-2-15(3-9-18)10-11-24(13-34(25,26)27)14-35(28,29)30/h2-9,12,33H,10-11,13-14H2,1H3,(H2,25,26,27)(H2,28,29,30)/b20-12+. The normalized spacial score (nSPS) is 12.8. The topological polar surface area (TPSA) is 201 Å². The first-order chi connectivity index (χ1) is 16.8. The van der Waals surface area contributed by atoms with Gasteiger partial charge in [-0.3, -0.25) is 14.0 Å². The zero-order valence-electron chi connectivity index (χ0n) is 18.9. The van der Waals surface area contributed by atoms with Gasteiger partial charge in [0.05, 0.1) is 6.21 Å². The average Bonchev–Trinajstić information content (AvgIpc) is 2.79. The van der Waals surface area contributed by atoms with Crippen LogP contribution in [0.3, 0.4) is 0 Å². The fourth-order valence-electron chi connectivity index (χ4n) is 2.77. The van der Waals surface area contributed by atoms with E-state index in [2.05, 4.69) is 15.3 Å². The van der Waals surface area contributed by atoms with Gasteiger partial charge in [0.15, 0.2) is 0 Å². The Morgan fingerprint density at radius 2 is 1.58 bits per heavy atom. The maximum absolute atomic E-state index is 11.3. The van der Waals surface area contributed by atoms with Crippen molar-refractivity contribution < 1.29 is 38.1 Å². The van der Waals surface area contributed by atoms with Gasteiger partial charge in [-0.2, -0.15) is 5.10 Å². The molecule has 0 aliphatic heterocycles. The molecule has 2 rings (SSSR count). The summed E-state index contributed by atoms with van der Waals surface area (Å²) in [5, 5.41) is 7.29. The Labute approximate surface area is 212 Å². The molecule has 4 N–H and O–H groups in total. The Balaban J connectivity index is 1.90. The molecule has 0 aliphatic carbocycles. The van der Waals surface area contributed by atoms with Crippen molar-refractivity contribution in [2.24, 2.45) is 10.4 Å². The van der Waals surface area contributed by atoms with E-state index in [0.29, 0.717) is 17.9 Å². The molecular formula is C18H25N6O8P3S. The summed E-state index contributed by atoms with van der Waals surface area (Å²) in [6.45, 7) is 0.0442. The third-order valence-electron chi connectivity index (χ3n) is 4.32. The molecule has 36 heavy (non-hydrogen) atoms. The summed E-state index contributed by atoms with van der Waals surface area (Å²) in [5.41, 5.74) is 9.79. The fraction of sp³-hybridized carbons (Fsp3) is 0.278. The fourth-order valence-corrected chi connectivity index (χ4v) is 5.50. The Morgan fingerprint density at radius 1 is 1.03 bits per heavy atom. The van der Waals surface area contributed by atoms with E-state index in [4.69, 9.17) is 46.3 Å². The highest BCUT2D eigenvalue weighted by molar-refractivity contribution is 8.02. The summed E-state index contributed by atoms with van der Waals surface area (Å²) < 4.78 is 29.8. The van der Waals surface area contributed by atoms with Crippen molar-refractivity contribution in [1.82, 2.24) is 9.68 Å². The Bertz CT molecular complexity index is 1170. The van der Waals surface area contributed by atoms with Crippen LogP contribution in [0.15, 0.2) is 58.9 Å². The van der Waals surface area contributed by atoms with Crippen molar-refractivity contribution in [3.05, 3.63) is 70.1 Å². The quantitative estimate of drug-likeness (QED) is 0.0640. The first-order valence-corrected chi connectivity index (χ1v) is 16.1. The molecule has 0 bridgehead atoms. The number of nitrogens with zero attached hydrogens (tertiary/aromatic N) is 6. The van der Waals surface area contributed by atoms with Gasteiger partial charge in [0.25, 0.3) is 0 Å². The van der Waals surface area contributed by atoms with Crippen molar-refractivity contribution in [2.75, 3.05) is 26.2 Å². The third kappa shape index (κ3) is 12.1. The highest BCUT2D eigenvalue weighted by Crippen LogP contribution is 2.40. The number of rotatable bonds is 14. The van der Waals surface area contributed by atoms with Crippen LogP contribution in [0.5, 0.6) is 11.5 Å². The monoisotopic (exact) mass is 578 g/mol. The van der Waals surface area contributed by atoms with Gasteiger partial charge in [0.2, 0.25) is 7.07 Å². The van der Waals surface area contributed by atoms with Crippen LogP contribution >= 0.6 is 22.3 Å². The van der Waals surface area contributed by atoms with Gasteiger partial charge >= 0.3 is 15.2 Å². The molecule has 18 heteroatoms. The van der Waals surface area contributed by atoms with Gasteiger partial charge in [-0.1, -0.05) is 12.1 Å². The summed E-state index contributed by atoms with van der Waals surface area (Å²) in [7, 11) is -9.20. The van der Waals surface area contributed by atoms with Gasteiger partial charge in [-0.05, 0) is 71.3 Å². The maximum atomic E-state index is 11.3. The maximum Gasteiger partial charge on any atom is 0.339 e. The van der Waals surface area contributed by atoms with Crippen LogP contribution in [0.4, 0.5) is 0 Å². The predicted octanol–water partition coefficient (Wildman–Crippen LogP) is 3.26. The van der Waals surface area contributed by atoms with Crippen LogP contribution < -0.4 is 9.36 Å². The summed E-state index contributed by atoms with van der Waals surface area (Å²) in [6, 6.07) is 13.5. The molecule has 14 nitrogen and oxygen atoms in total. The van der Waals surface area contributed by atoms with E-state index in [1.165, 1.54) is 4.78 Å². The Hall–Kier alpha value is -2.27. The molecule has 0 spiro atoms. The zero-order valence-corrected chi connectivity index (χ0v) is 22.5.